The largest absolute Gasteiger partial charge is 0.476 e. The van der Waals surface area contributed by atoms with Gasteiger partial charge in [-0.3, -0.25) is 0 Å². The molecule has 2 aromatic rings. The standard InChI is InChI=1S/C18H28N4O4/c1-5-6-9-25-16-15-14(20-12-21-16)13(10-19-15)11-22(7-8-23)17(24)26-18(2,3)4/h10,12,19,23H,5-9,11H2,1-4H3. The lowest BCUT2D eigenvalue weighted by Crippen LogP contribution is -2.38. The molecule has 2 N–H and O–H groups in total. The van der Waals surface area contributed by atoms with Crippen LogP contribution in [0.3, 0.4) is 0 Å². The summed E-state index contributed by atoms with van der Waals surface area (Å²) < 4.78 is 11.1. The number of ether oxygens (including phenoxy) is 2. The normalized spacial score (nSPS) is 11.6. The Labute approximate surface area is 153 Å². The van der Waals surface area contributed by atoms with E-state index in [1.807, 2.05) is 0 Å². The van der Waals surface area contributed by atoms with Crippen LogP contribution in [0.4, 0.5) is 4.79 Å². The van der Waals surface area contributed by atoms with Gasteiger partial charge in [-0.1, -0.05) is 13.3 Å². The van der Waals surface area contributed by atoms with Crippen molar-refractivity contribution in [1.82, 2.24) is 19.9 Å². The quantitative estimate of drug-likeness (QED) is 0.699. The first kappa shape index (κ1) is 20.0. The summed E-state index contributed by atoms with van der Waals surface area (Å²) in [5.74, 6) is 0.501. The van der Waals surface area contributed by atoms with Crippen LogP contribution in [0.2, 0.25) is 0 Å². The summed E-state index contributed by atoms with van der Waals surface area (Å²) in [6.45, 7) is 8.39. The number of amides is 1. The highest BCUT2D eigenvalue weighted by Gasteiger charge is 2.23. The average Bonchev–Trinajstić information content (AvgIpc) is 2.97. The Hall–Kier alpha value is -2.35. The Morgan fingerprint density at radius 1 is 1.35 bits per heavy atom. The van der Waals surface area contributed by atoms with Crippen LogP contribution in [-0.4, -0.2) is 56.4 Å². The van der Waals surface area contributed by atoms with Crippen molar-refractivity contribution < 1.29 is 19.4 Å². The van der Waals surface area contributed by atoms with Crippen molar-refractivity contribution in [3.05, 3.63) is 18.1 Å². The zero-order valence-electron chi connectivity index (χ0n) is 15.9. The molecule has 0 spiro atoms. The second-order valence-electron chi connectivity index (χ2n) is 7.04. The lowest BCUT2D eigenvalue weighted by Gasteiger charge is -2.26. The van der Waals surface area contributed by atoms with Crippen LogP contribution < -0.4 is 4.74 Å². The molecule has 144 valence electrons. The molecule has 8 heteroatoms. The van der Waals surface area contributed by atoms with Crippen LogP contribution >= 0.6 is 0 Å². The van der Waals surface area contributed by atoms with E-state index in [2.05, 4.69) is 21.9 Å². The molecule has 8 nitrogen and oxygen atoms in total. The van der Waals surface area contributed by atoms with Gasteiger partial charge in [0.1, 0.15) is 23.0 Å². The predicted octanol–water partition coefficient (Wildman–Crippen LogP) is 2.87. The minimum absolute atomic E-state index is 0.151. The summed E-state index contributed by atoms with van der Waals surface area (Å²) in [6.07, 6.45) is 4.73. The molecule has 2 aromatic heterocycles. The van der Waals surface area contributed by atoms with Crippen LogP contribution in [-0.2, 0) is 11.3 Å². The lowest BCUT2D eigenvalue weighted by atomic mass is 10.2. The number of rotatable bonds is 8. The van der Waals surface area contributed by atoms with Crippen molar-refractivity contribution in [2.24, 2.45) is 0 Å². The first-order valence-corrected chi connectivity index (χ1v) is 8.88. The van der Waals surface area contributed by atoms with Crippen LogP contribution in [0.15, 0.2) is 12.5 Å². The molecule has 0 saturated carbocycles. The monoisotopic (exact) mass is 364 g/mol. The molecule has 2 heterocycles. The second kappa shape index (κ2) is 8.84. The van der Waals surface area contributed by atoms with Crippen molar-refractivity contribution >= 4 is 17.1 Å². The molecule has 0 aromatic carbocycles. The number of aliphatic hydroxyl groups excluding tert-OH is 1. The van der Waals surface area contributed by atoms with Crippen LogP contribution in [0, 0.1) is 0 Å². The molecule has 0 aliphatic rings. The van der Waals surface area contributed by atoms with Gasteiger partial charge in [-0.25, -0.2) is 9.78 Å². The van der Waals surface area contributed by atoms with E-state index in [1.54, 1.807) is 27.0 Å². The van der Waals surface area contributed by atoms with Gasteiger partial charge in [-0.05, 0) is 27.2 Å². The number of carbonyl (C=O) groups is 1. The van der Waals surface area contributed by atoms with Gasteiger partial charge in [0.05, 0.1) is 19.8 Å². The summed E-state index contributed by atoms with van der Waals surface area (Å²) in [4.78, 5) is 25.5. The minimum Gasteiger partial charge on any atom is -0.476 e. The SMILES string of the molecule is CCCCOc1ncnc2c(CN(CCO)C(=O)OC(C)(C)C)c[nH]c12. The Kier molecular flexibility index (Phi) is 6.79. The van der Waals surface area contributed by atoms with Crippen LogP contribution in [0.1, 0.15) is 46.1 Å². The van der Waals surface area contributed by atoms with Crippen molar-refractivity contribution in [2.75, 3.05) is 19.8 Å². The van der Waals surface area contributed by atoms with Gasteiger partial charge in [0.15, 0.2) is 0 Å². The molecule has 1 amide bonds. The second-order valence-corrected chi connectivity index (χ2v) is 7.04. The number of fused-ring (bicyclic) bond motifs is 1. The third-order valence-electron chi connectivity index (χ3n) is 3.63. The predicted molar refractivity (Wildman–Crippen MR) is 98.0 cm³/mol. The molecule has 0 saturated heterocycles. The van der Waals surface area contributed by atoms with Crippen molar-refractivity contribution in [3.63, 3.8) is 0 Å². The molecule has 0 unspecified atom stereocenters. The average molecular weight is 364 g/mol. The molecule has 0 atom stereocenters. The van der Waals surface area contributed by atoms with Crippen molar-refractivity contribution in [3.8, 4) is 5.88 Å². The summed E-state index contributed by atoms with van der Waals surface area (Å²) in [7, 11) is 0. The first-order valence-electron chi connectivity index (χ1n) is 8.88. The molecule has 0 radical (unpaired) electrons. The Balaban J connectivity index is 2.20. The lowest BCUT2D eigenvalue weighted by molar-refractivity contribution is 0.0202. The maximum atomic E-state index is 12.4. The molecule has 0 aliphatic carbocycles. The summed E-state index contributed by atoms with van der Waals surface area (Å²) >= 11 is 0. The number of hydrogen-bond acceptors (Lipinski definition) is 6. The molecule has 0 bridgehead atoms. The highest BCUT2D eigenvalue weighted by molar-refractivity contribution is 5.83. The fourth-order valence-corrected chi connectivity index (χ4v) is 2.40. The van der Waals surface area contributed by atoms with Gasteiger partial charge in [-0.15, -0.1) is 0 Å². The third kappa shape index (κ3) is 5.32. The van der Waals surface area contributed by atoms with E-state index in [9.17, 15) is 9.90 Å². The number of nitrogens with one attached hydrogen (secondary N) is 1. The zero-order valence-corrected chi connectivity index (χ0v) is 15.9. The number of aromatic nitrogens is 3. The Morgan fingerprint density at radius 3 is 2.77 bits per heavy atom. The summed E-state index contributed by atoms with van der Waals surface area (Å²) in [6, 6.07) is 0. The molecule has 0 aliphatic heterocycles. The summed E-state index contributed by atoms with van der Waals surface area (Å²) in [5, 5.41) is 9.29. The topological polar surface area (TPSA) is 101 Å². The van der Waals surface area contributed by atoms with Crippen LogP contribution in [0.25, 0.3) is 11.0 Å². The fourth-order valence-electron chi connectivity index (χ4n) is 2.40. The Morgan fingerprint density at radius 2 is 2.12 bits per heavy atom. The van der Waals surface area contributed by atoms with Gasteiger partial charge in [-0.2, -0.15) is 4.98 Å². The number of H-pyrrole nitrogens is 1. The van der Waals surface area contributed by atoms with Gasteiger partial charge >= 0.3 is 6.09 Å². The van der Waals surface area contributed by atoms with E-state index in [1.165, 1.54) is 11.2 Å². The molecule has 0 fully saturated rings. The first-order chi connectivity index (χ1) is 12.4. The molecule has 26 heavy (non-hydrogen) atoms. The smallest absolute Gasteiger partial charge is 0.410 e. The maximum Gasteiger partial charge on any atom is 0.410 e. The third-order valence-corrected chi connectivity index (χ3v) is 3.63. The summed E-state index contributed by atoms with van der Waals surface area (Å²) in [5.41, 5.74) is 1.60. The number of nitrogens with zero attached hydrogens (tertiary/aromatic N) is 3. The number of aliphatic hydroxyl groups is 1. The maximum absolute atomic E-state index is 12.4. The minimum atomic E-state index is -0.604. The van der Waals surface area contributed by atoms with E-state index in [0.717, 1.165) is 18.4 Å². The van der Waals surface area contributed by atoms with Gasteiger partial charge in [0.2, 0.25) is 5.88 Å². The van der Waals surface area contributed by atoms with Gasteiger partial charge in [0.25, 0.3) is 0 Å². The molecular formula is C18H28N4O4. The van der Waals surface area contributed by atoms with Crippen LogP contribution in [0.5, 0.6) is 5.88 Å². The number of carbonyl (C=O) groups excluding carboxylic acids is 1. The van der Waals surface area contributed by atoms with Crippen molar-refractivity contribution in [1.29, 1.82) is 0 Å². The van der Waals surface area contributed by atoms with E-state index in [0.29, 0.717) is 23.5 Å². The van der Waals surface area contributed by atoms with E-state index in [4.69, 9.17) is 9.47 Å². The number of aromatic amines is 1. The van der Waals surface area contributed by atoms with Gasteiger partial charge < -0.3 is 24.5 Å². The molecular weight excluding hydrogens is 336 g/mol. The fraction of sp³-hybridized carbons (Fsp3) is 0.611. The van der Waals surface area contributed by atoms with E-state index in [-0.39, 0.29) is 19.7 Å². The number of unbranched alkanes of at least 4 members (excludes halogenated alkanes) is 1. The highest BCUT2D eigenvalue weighted by Crippen LogP contribution is 2.24. The van der Waals surface area contributed by atoms with Gasteiger partial charge in [0, 0.05) is 18.3 Å². The molecule has 2 rings (SSSR count). The number of hydrogen-bond donors (Lipinski definition) is 2. The highest BCUT2D eigenvalue weighted by atomic mass is 16.6. The zero-order chi connectivity index (χ0) is 19.2. The van der Waals surface area contributed by atoms with Crippen molar-refractivity contribution in [2.45, 2.75) is 52.7 Å². The van der Waals surface area contributed by atoms with E-state index >= 15 is 0 Å². The Bertz CT molecular complexity index is 724. The van der Waals surface area contributed by atoms with E-state index < -0.39 is 11.7 Å².